The molecule has 0 bridgehead atoms. The number of carbonyl (C=O) groups excluding carboxylic acids is 1. The maximum Gasteiger partial charge on any atom is 0.338 e. The zero-order valence-corrected chi connectivity index (χ0v) is 10.1. The standard InChI is InChI=1S/C12H16N2O4/c1-8(4-6-15)7-14-11(16)10-9(12(17)18)3-2-5-13-10/h2-3,5,8,15H,4,6-7H2,1H3,(H,14,16)(H,17,18). The number of aliphatic hydroxyl groups excluding tert-OH is 1. The molecule has 0 saturated heterocycles. The van der Waals surface area contributed by atoms with Crippen molar-refractivity contribution in [1.82, 2.24) is 10.3 Å². The van der Waals surface area contributed by atoms with Crippen molar-refractivity contribution in [3.8, 4) is 0 Å². The van der Waals surface area contributed by atoms with E-state index in [-0.39, 0.29) is 23.8 Å². The summed E-state index contributed by atoms with van der Waals surface area (Å²) >= 11 is 0. The first kappa shape index (κ1) is 14.1. The van der Waals surface area contributed by atoms with Gasteiger partial charge in [-0.05, 0) is 24.5 Å². The number of nitrogens with zero attached hydrogens (tertiary/aromatic N) is 1. The van der Waals surface area contributed by atoms with Crippen molar-refractivity contribution in [2.45, 2.75) is 13.3 Å². The fourth-order valence-corrected chi connectivity index (χ4v) is 1.43. The molecule has 6 nitrogen and oxygen atoms in total. The summed E-state index contributed by atoms with van der Waals surface area (Å²) in [7, 11) is 0. The minimum atomic E-state index is -1.18. The molecule has 0 aliphatic rings. The third-order valence-electron chi connectivity index (χ3n) is 2.49. The van der Waals surface area contributed by atoms with Crippen molar-refractivity contribution in [3.05, 3.63) is 29.6 Å². The van der Waals surface area contributed by atoms with Gasteiger partial charge < -0.3 is 15.5 Å². The highest BCUT2D eigenvalue weighted by molar-refractivity contribution is 6.03. The second-order valence-corrected chi connectivity index (χ2v) is 4.03. The number of hydrogen-bond donors (Lipinski definition) is 3. The lowest BCUT2D eigenvalue weighted by atomic mass is 10.1. The first-order valence-electron chi connectivity index (χ1n) is 5.63. The lowest BCUT2D eigenvalue weighted by Crippen LogP contribution is -2.30. The van der Waals surface area contributed by atoms with Crippen molar-refractivity contribution >= 4 is 11.9 Å². The second-order valence-electron chi connectivity index (χ2n) is 4.03. The molecule has 0 fully saturated rings. The summed E-state index contributed by atoms with van der Waals surface area (Å²) in [6, 6.07) is 2.80. The van der Waals surface area contributed by atoms with Crippen LogP contribution in [0.15, 0.2) is 18.3 Å². The summed E-state index contributed by atoms with van der Waals surface area (Å²) in [5.74, 6) is -1.58. The van der Waals surface area contributed by atoms with E-state index in [1.165, 1.54) is 18.3 Å². The summed E-state index contributed by atoms with van der Waals surface area (Å²) in [5.41, 5.74) is -0.217. The smallest absolute Gasteiger partial charge is 0.338 e. The Morgan fingerprint density at radius 2 is 2.22 bits per heavy atom. The molecule has 98 valence electrons. The van der Waals surface area contributed by atoms with Crippen LogP contribution in [0.25, 0.3) is 0 Å². The average molecular weight is 252 g/mol. The summed E-state index contributed by atoms with van der Waals surface area (Å²) in [6.07, 6.45) is 1.95. The zero-order chi connectivity index (χ0) is 13.5. The molecule has 1 aromatic rings. The van der Waals surface area contributed by atoms with Gasteiger partial charge in [0.1, 0.15) is 5.69 Å². The largest absolute Gasteiger partial charge is 0.478 e. The van der Waals surface area contributed by atoms with Crippen molar-refractivity contribution < 1.29 is 19.8 Å². The van der Waals surface area contributed by atoms with E-state index < -0.39 is 11.9 Å². The number of aliphatic hydroxyl groups is 1. The Morgan fingerprint density at radius 3 is 2.83 bits per heavy atom. The van der Waals surface area contributed by atoms with Gasteiger partial charge in [-0.2, -0.15) is 0 Å². The van der Waals surface area contributed by atoms with E-state index in [1.54, 1.807) is 0 Å². The van der Waals surface area contributed by atoms with Crippen LogP contribution in [0.5, 0.6) is 0 Å². The Bertz CT molecular complexity index is 434. The normalized spacial score (nSPS) is 11.9. The number of amides is 1. The van der Waals surface area contributed by atoms with Crippen LogP contribution < -0.4 is 5.32 Å². The molecule has 0 aliphatic heterocycles. The number of rotatable bonds is 6. The van der Waals surface area contributed by atoms with E-state index >= 15 is 0 Å². The summed E-state index contributed by atoms with van der Waals surface area (Å²) in [6.45, 7) is 2.31. The third-order valence-corrected chi connectivity index (χ3v) is 2.49. The van der Waals surface area contributed by atoms with Gasteiger partial charge in [-0.15, -0.1) is 0 Å². The van der Waals surface area contributed by atoms with Crippen LogP contribution >= 0.6 is 0 Å². The molecule has 0 aromatic carbocycles. The molecule has 0 spiro atoms. The van der Waals surface area contributed by atoms with E-state index in [2.05, 4.69) is 10.3 Å². The first-order chi connectivity index (χ1) is 8.56. The van der Waals surface area contributed by atoms with Gasteiger partial charge in [0, 0.05) is 19.3 Å². The van der Waals surface area contributed by atoms with Crippen LogP contribution in [0.2, 0.25) is 0 Å². The van der Waals surface area contributed by atoms with Crippen LogP contribution in [0.3, 0.4) is 0 Å². The maximum atomic E-state index is 11.8. The summed E-state index contributed by atoms with van der Waals surface area (Å²) in [5, 5.41) is 20.3. The lowest BCUT2D eigenvalue weighted by Gasteiger charge is -2.11. The van der Waals surface area contributed by atoms with E-state index in [1.807, 2.05) is 6.92 Å². The Morgan fingerprint density at radius 1 is 1.50 bits per heavy atom. The topological polar surface area (TPSA) is 99.5 Å². The molecule has 1 aromatic heterocycles. The van der Waals surface area contributed by atoms with E-state index in [0.717, 1.165) is 0 Å². The highest BCUT2D eigenvalue weighted by atomic mass is 16.4. The molecule has 18 heavy (non-hydrogen) atoms. The molecule has 1 heterocycles. The molecule has 3 N–H and O–H groups in total. The quantitative estimate of drug-likeness (QED) is 0.685. The Balaban J connectivity index is 2.70. The number of aromatic nitrogens is 1. The van der Waals surface area contributed by atoms with Crippen molar-refractivity contribution in [3.63, 3.8) is 0 Å². The van der Waals surface area contributed by atoms with E-state index in [9.17, 15) is 9.59 Å². The Labute approximate surface area is 105 Å². The average Bonchev–Trinajstić information content (AvgIpc) is 2.36. The second kappa shape index (κ2) is 6.70. The van der Waals surface area contributed by atoms with Gasteiger partial charge in [0.05, 0.1) is 5.56 Å². The fraction of sp³-hybridized carbons (Fsp3) is 0.417. The monoisotopic (exact) mass is 252 g/mol. The number of nitrogens with one attached hydrogen (secondary N) is 1. The molecule has 1 amide bonds. The highest BCUT2D eigenvalue weighted by Crippen LogP contribution is 2.06. The highest BCUT2D eigenvalue weighted by Gasteiger charge is 2.17. The number of aromatic carboxylic acids is 1. The SMILES string of the molecule is CC(CCO)CNC(=O)c1ncccc1C(=O)O. The van der Waals surface area contributed by atoms with Crippen molar-refractivity contribution in [2.24, 2.45) is 5.92 Å². The first-order valence-corrected chi connectivity index (χ1v) is 5.63. The number of carboxylic acid groups (broad SMARTS) is 1. The van der Waals surface area contributed by atoms with Gasteiger partial charge in [-0.1, -0.05) is 6.92 Å². The third kappa shape index (κ3) is 3.81. The van der Waals surface area contributed by atoms with Crippen molar-refractivity contribution in [1.29, 1.82) is 0 Å². The molecule has 6 heteroatoms. The van der Waals surface area contributed by atoms with Crippen LogP contribution in [0, 0.1) is 5.92 Å². The fourth-order valence-electron chi connectivity index (χ4n) is 1.43. The van der Waals surface area contributed by atoms with Gasteiger partial charge in [0.2, 0.25) is 0 Å². The molecule has 0 saturated carbocycles. The zero-order valence-electron chi connectivity index (χ0n) is 10.1. The number of hydrogen-bond acceptors (Lipinski definition) is 4. The number of carbonyl (C=O) groups is 2. The molecular weight excluding hydrogens is 236 g/mol. The summed E-state index contributed by atoms with van der Waals surface area (Å²) < 4.78 is 0. The molecule has 1 unspecified atom stereocenters. The lowest BCUT2D eigenvalue weighted by molar-refractivity contribution is 0.0690. The summed E-state index contributed by atoms with van der Waals surface area (Å²) in [4.78, 5) is 26.5. The molecule has 0 radical (unpaired) electrons. The van der Waals surface area contributed by atoms with Crippen molar-refractivity contribution in [2.75, 3.05) is 13.2 Å². The maximum absolute atomic E-state index is 11.8. The van der Waals surface area contributed by atoms with Crippen LogP contribution in [-0.2, 0) is 0 Å². The molecule has 1 rings (SSSR count). The van der Waals surface area contributed by atoms with Gasteiger partial charge in [-0.25, -0.2) is 4.79 Å². The molecule has 1 atom stereocenters. The predicted molar refractivity (Wildman–Crippen MR) is 64.4 cm³/mol. The Kier molecular flexibility index (Phi) is 5.26. The molecule has 0 aliphatic carbocycles. The number of carboxylic acids is 1. The minimum absolute atomic E-state index is 0.0565. The van der Waals surface area contributed by atoms with Crippen LogP contribution in [-0.4, -0.2) is 40.2 Å². The van der Waals surface area contributed by atoms with Crippen LogP contribution in [0.4, 0.5) is 0 Å². The molecular formula is C12H16N2O4. The minimum Gasteiger partial charge on any atom is -0.478 e. The number of pyridine rings is 1. The van der Waals surface area contributed by atoms with Gasteiger partial charge in [0.25, 0.3) is 5.91 Å². The Hall–Kier alpha value is -1.95. The van der Waals surface area contributed by atoms with E-state index in [0.29, 0.717) is 13.0 Å². The van der Waals surface area contributed by atoms with Gasteiger partial charge in [-0.3, -0.25) is 9.78 Å². The van der Waals surface area contributed by atoms with Gasteiger partial charge >= 0.3 is 5.97 Å². The predicted octanol–water partition coefficient (Wildman–Crippen LogP) is 0.528. The van der Waals surface area contributed by atoms with Gasteiger partial charge in [0.15, 0.2) is 0 Å². The van der Waals surface area contributed by atoms with Crippen LogP contribution in [0.1, 0.15) is 34.2 Å². The van der Waals surface area contributed by atoms with E-state index in [4.69, 9.17) is 10.2 Å².